The number of nitrogens with one attached hydrogen (secondary N) is 3. The Bertz CT molecular complexity index is 1340. The van der Waals surface area contributed by atoms with Gasteiger partial charge in [-0.3, -0.25) is 14.4 Å². The van der Waals surface area contributed by atoms with Gasteiger partial charge in [0, 0.05) is 41.2 Å². The average molecular weight is 491 g/mol. The standard InChI is InChI=1S/C28H31FN4O3/c1-16-3-7-20(8-4-16)31-26(34)14-22-15-30-28(36)25-13-19-11-21(9-10-24(19)33(22)25)32-27(35)18-6-5-17(2)23(29)12-18/h5-6,9-13,16,20,22H,3-4,7-8,14-15H2,1-2H3,(H,30,36)(H,31,34)(H,32,35). The molecule has 2 aromatic carbocycles. The fourth-order valence-corrected chi connectivity index (χ4v) is 5.28. The third kappa shape index (κ3) is 4.85. The third-order valence-electron chi connectivity index (χ3n) is 7.43. The number of nitrogens with zero attached hydrogens (tertiary/aromatic N) is 1. The van der Waals surface area contributed by atoms with Crippen molar-refractivity contribution in [2.75, 3.05) is 11.9 Å². The van der Waals surface area contributed by atoms with Crippen LogP contribution in [0.3, 0.4) is 0 Å². The summed E-state index contributed by atoms with van der Waals surface area (Å²) < 4.78 is 15.8. The van der Waals surface area contributed by atoms with E-state index in [2.05, 4.69) is 22.9 Å². The fourth-order valence-electron chi connectivity index (χ4n) is 5.28. The van der Waals surface area contributed by atoms with Crippen molar-refractivity contribution in [2.24, 2.45) is 5.92 Å². The lowest BCUT2D eigenvalue weighted by molar-refractivity contribution is -0.122. The monoisotopic (exact) mass is 490 g/mol. The normalized spacial score (nSPS) is 21.5. The van der Waals surface area contributed by atoms with Crippen LogP contribution in [0.15, 0.2) is 42.5 Å². The molecule has 0 bridgehead atoms. The van der Waals surface area contributed by atoms with Gasteiger partial charge in [0.05, 0.1) is 6.04 Å². The van der Waals surface area contributed by atoms with Gasteiger partial charge in [-0.25, -0.2) is 4.39 Å². The van der Waals surface area contributed by atoms with E-state index in [9.17, 15) is 18.8 Å². The predicted molar refractivity (Wildman–Crippen MR) is 137 cm³/mol. The molecule has 1 aromatic heterocycles. The SMILES string of the molecule is Cc1ccc(C(=O)Nc2ccc3c(c2)cc2n3C(CC(=O)NC3CCC(C)CC3)CNC2=O)cc1F. The Balaban J connectivity index is 1.34. The van der Waals surface area contributed by atoms with Crippen molar-refractivity contribution in [3.63, 3.8) is 0 Å². The number of rotatable bonds is 5. The van der Waals surface area contributed by atoms with Crippen molar-refractivity contribution in [3.8, 4) is 0 Å². The lowest BCUT2D eigenvalue weighted by Gasteiger charge is -2.30. The van der Waals surface area contributed by atoms with Crippen LogP contribution in [-0.4, -0.2) is 34.9 Å². The summed E-state index contributed by atoms with van der Waals surface area (Å²) in [6, 6.07) is 11.6. The summed E-state index contributed by atoms with van der Waals surface area (Å²) in [7, 11) is 0. The van der Waals surface area contributed by atoms with Crippen molar-refractivity contribution in [3.05, 3.63) is 65.1 Å². The third-order valence-corrected chi connectivity index (χ3v) is 7.43. The van der Waals surface area contributed by atoms with Crippen molar-refractivity contribution >= 4 is 34.3 Å². The molecule has 5 rings (SSSR count). The maximum atomic E-state index is 13.9. The van der Waals surface area contributed by atoms with Crippen LogP contribution >= 0.6 is 0 Å². The molecule has 3 N–H and O–H groups in total. The summed E-state index contributed by atoms with van der Waals surface area (Å²) in [6.45, 7) is 4.27. The molecule has 188 valence electrons. The molecular formula is C28H31FN4O3. The van der Waals surface area contributed by atoms with Gasteiger partial charge in [-0.15, -0.1) is 0 Å². The van der Waals surface area contributed by atoms with Crippen molar-refractivity contribution in [2.45, 2.75) is 58.0 Å². The molecule has 0 saturated heterocycles. The molecule has 3 aromatic rings. The van der Waals surface area contributed by atoms with Gasteiger partial charge in [0.2, 0.25) is 5.91 Å². The minimum atomic E-state index is -0.433. The van der Waals surface area contributed by atoms with Gasteiger partial charge in [-0.1, -0.05) is 13.0 Å². The highest BCUT2D eigenvalue weighted by Gasteiger charge is 2.30. The van der Waals surface area contributed by atoms with Crippen LogP contribution in [0, 0.1) is 18.7 Å². The molecule has 3 amide bonds. The van der Waals surface area contributed by atoms with Gasteiger partial charge >= 0.3 is 0 Å². The van der Waals surface area contributed by atoms with Crippen LogP contribution in [0.2, 0.25) is 0 Å². The van der Waals surface area contributed by atoms with E-state index in [0.29, 0.717) is 29.4 Å². The first-order valence-corrected chi connectivity index (χ1v) is 12.6. The van der Waals surface area contributed by atoms with Crippen molar-refractivity contribution < 1.29 is 18.8 Å². The van der Waals surface area contributed by atoms with E-state index < -0.39 is 11.7 Å². The summed E-state index contributed by atoms with van der Waals surface area (Å²) in [5.74, 6) is -0.324. The Morgan fingerprint density at radius 3 is 2.61 bits per heavy atom. The second-order valence-corrected chi connectivity index (χ2v) is 10.2. The van der Waals surface area contributed by atoms with Gasteiger partial charge in [0.25, 0.3) is 11.8 Å². The van der Waals surface area contributed by atoms with Gasteiger partial charge in [0.15, 0.2) is 0 Å². The van der Waals surface area contributed by atoms with Crippen LogP contribution in [0.25, 0.3) is 10.9 Å². The quantitative estimate of drug-likeness (QED) is 0.484. The topological polar surface area (TPSA) is 92.2 Å². The van der Waals surface area contributed by atoms with Crippen molar-refractivity contribution in [1.82, 2.24) is 15.2 Å². The number of aromatic nitrogens is 1. The molecule has 7 nitrogen and oxygen atoms in total. The molecule has 36 heavy (non-hydrogen) atoms. The Kier molecular flexibility index (Phi) is 6.51. The number of hydrogen-bond acceptors (Lipinski definition) is 3. The highest BCUT2D eigenvalue weighted by atomic mass is 19.1. The minimum absolute atomic E-state index is 0.00212. The molecule has 1 atom stereocenters. The summed E-state index contributed by atoms with van der Waals surface area (Å²) in [6.07, 6.45) is 4.56. The number of amides is 3. The summed E-state index contributed by atoms with van der Waals surface area (Å²) in [4.78, 5) is 38.1. The number of anilines is 1. The molecule has 1 aliphatic carbocycles. The van der Waals surface area contributed by atoms with Crippen LogP contribution < -0.4 is 16.0 Å². The van der Waals surface area contributed by atoms with Crippen LogP contribution in [0.4, 0.5) is 10.1 Å². The molecule has 8 heteroatoms. The molecule has 0 radical (unpaired) electrons. The van der Waals surface area contributed by atoms with E-state index in [-0.39, 0.29) is 35.9 Å². The van der Waals surface area contributed by atoms with Gasteiger partial charge in [-0.2, -0.15) is 0 Å². The fraction of sp³-hybridized carbons (Fsp3) is 0.393. The summed E-state index contributed by atoms with van der Waals surface area (Å²) >= 11 is 0. The number of benzene rings is 2. The Morgan fingerprint density at radius 1 is 1.08 bits per heavy atom. The van der Waals surface area contributed by atoms with Gasteiger partial charge in [-0.05, 0) is 80.5 Å². The Morgan fingerprint density at radius 2 is 1.86 bits per heavy atom. The Labute approximate surface area is 209 Å². The number of carbonyl (C=O) groups excluding carboxylic acids is 3. The molecule has 2 heterocycles. The van der Waals surface area contributed by atoms with E-state index in [0.717, 1.165) is 36.6 Å². The van der Waals surface area contributed by atoms with E-state index in [1.54, 1.807) is 37.3 Å². The molecule has 0 spiro atoms. The maximum absolute atomic E-state index is 13.9. The minimum Gasteiger partial charge on any atom is -0.353 e. The maximum Gasteiger partial charge on any atom is 0.268 e. The first kappa shape index (κ1) is 24.0. The number of hydrogen-bond donors (Lipinski definition) is 3. The Hall–Kier alpha value is -3.68. The van der Waals surface area contributed by atoms with E-state index in [1.165, 1.54) is 6.07 Å². The van der Waals surface area contributed by atoms with Gasteiger partial charge < -0.3 is 20.5 Å². The number of fused-ring (bicyclic) bond motifs is 3. The zero-order chi connectivity index (χ0) is 25.4. The van der Waals surface area contributed by atoms with E-state index >= 15 is 0 Å². The predicted octanol–water partition coefficient (Wildman–Crippen LogP) is 4.71. The van der Waals surface area contributed by atoms with Crippen LogP contribution in [0.1, 0.15) is 71.5 Å². The first-order valence-electron chi connectivity index (χ1n) is 12.6. The van der Waals surface area contributed by atoms with Crippen LogP contribution in [-0.2, 0) is 4.79 Å². The van der Waals surface area contributed by atoms with E-state index in [4.69, 9.17) is 0 Å². The lowest BCUT2D eigenvalue weighted by Crippen LogP contribution is -2.43. The zero-order valence-corrected chi connectivity index (χ0v) is 20.6. The highest BCUT2D eigenvalue weighted by molar-refractivity contribution is 6.06. The second-order valence-electron chi connectivity index (χ2n) is 10.2. The molecule has 2 aliphatic rings. The second kappa shape index (κ2) is 9.76. The zero-order valence-electron chi connectivity index (χ0n) is 20.6. The largest absolute Gasteiger partial charge is 0.353 e. The van der Waals surface area contributed by atoms with Crippen LogP contribution in [0.5, 0.6) is 0 Å². The molecule has 1 aliphatic heterocycles. The van der Waals surface area contributed by atoms with E-state index in [1.807, 2.05) is 10.6 Å². The summed E-state index contributed by atoms with van der Waals surface area (Å²) in [5.41, 5.74) is 2.56. The molecular weight excluding hydrogens is 459 g/mol. The molecule has 1 saturated carbocycles. The average Bonchev–Trinajstić information content (AvgIpc) is 3.24. The lowest BCUT2D eigenvalue weighted by atomic mass is 9.87. The molecule has 1 unspecified atom stereocenters. The first-order chi connectivity index (χ1) is 17.3. The highest BCUT2D eigenvalue weighted by Crippen LogP contribution is 2.31. The summed E-state index contributed by atoms with van der Waals surface area (Å²) in [5, 5.41) is 9.66. The number of carbonyl (C=O) groups is 3. The molecule has 1 fully saturated rings. The number of halogens is 1. The van der Waals surface area contributed by atoms with Gasteiger partial charge in [0.1, 0.15) is 11.5 Å². The van der Waals surface area contributed by atoms with Crippen molar-refractivity contribution in [1.29, 1.82) is 0 Å². The number of aryl methyl sites for hydroxylation is 1. The smallest absolute Gasteiger partial charge is 0.268 e.